The molecule has 0 aromatic rings. The molecule has 0 aliphatic heterocycles. The van der Waals surface area contributed by atoms with Crippen molar-refractivity contribution in [1.82, 2.24) is 5.32 Å². The van der Waals surface area contributed by atoms with Crippen molar-refractivity contribution in [3.63, 3.8) is 0 Å². The van der Waals surface area contributed by atoms with Crippen molar-refractivity contribution in [3.8, 4) is 0 Å². The van der Waals surface area contributed by atoms with Gasteiger partial charge in [0.1, 0.15) is 0 Å². The van der Waals surface area contributed by atoms with E-state index >= 15 is 0 Å². The van der Waals surface area contributed by atoms with E-state index in [0.717, 1.165) is 38.6 Å². The Labute approximate surface area is 116 Å². The molecule has 0 aromatic carbocycles. The van der Waals surface area contributed by atoms with Crippen molar-refractivity contribution < 1.29 is 14.6 Å². The molecule has 0 aromatic heterocycles. The summed E-state index contributed by atoms with van der Waals surface area (Å²) in [5.41, 5.74) is 0.132. The summed E-state index contributed by atoms with van der Waals surface area (Å²) in [6.07, 6.45) is 4.75. The molecule has 1 fully saturated rings. The van der Waals surface area contributed by atoms with E-state index in [-0.39, 0.29) is 23.9 Å². The zero-order chi connectivity index (χ0) is 14.3. The molecule has 1 aliphatic rings. The van der Waals surface area contributed by atoms with Gasteiger partial charge >= 0.3 is 5.97 Å². The number of carbonyl (C=O) groups excluding carboxylic acids is 1. The maximum Gasteiger partial charge on any atom is 0.308 e. The first-order chi connectivity index (χ1) is 8.98. The number of aliphatic hydroxyl groups is 1. The van der Waals surface area contributed by atoms with Crippen molar-refractivity contribution in [2.75, 3.05) is 19.8 Å². The summed E-state index contributed by atoms with van der Waals surface area (Å²) in [4.78, 5) is 11.6. The van der Waals surface area contributed by atoms with Gasteiger partial charge in [-0.3, -0.25) is 4.79 Å². The number of hydrogen-bond donors (Lipinski definition) is 2. The van der Waals surface area contributed by atoms with Crippen molar-refractivity contribution in [2.24, 2.45) is 11.3 Å². The number of carbonyl (C=O) groups is 1. The SMILES string of the molecule is CCOC(=O)C1CCC(NCC(C)(C)CCO)CC1. The van der Waals surface area contributed by atoms with Crippen LogP contribution >= 0.6 is 0 Å². The van der Waals surface area contributed by atoms with Crippen LogP contribution in [0, 0.1) is 11.3 Å². The van der Waals surface area contributed by atoms with Gasteiger partial charge in [0.2, 0.25) is 0 Å². The number of esters is 1. The Hall–Kier alpha value is -0.610. The van der Waals surface area contributed by atoms with E-state index in [1.165, 1.54) is 0 Å². The highest BCUT2D eigenvalue weighted by Gasteiger charge is 2.28. The molecule has 0 radical (unpaired) electrons. The molecule has 4 nitrogen and oxygen atoms in total. The first-order valence-electron chi connectivity index (χ1n) is 7.49. The van der Waals surface area contributed by atoms with E-state index in [4.69, 9.17) is 9.84 Å². The molecule has 112 valence electrons. The quantitative estimate of drug-likeness (QED) is 0.696. The van der Waals surface area contributed by atoms with Crippen LogP contribution in [0.4, 0.5) is 0 Å². The third-order valence-electron chi connectivity index (χ3n) is 4.00. The molecular formula is C15H29NO3. The van der Waals surface area contributed by atoms with Gasteiger partial charge in [0.05, 0.1) is 12.5 Å². The molecule has 19 heavy (non-hydrogen) atoms. The summed E-state index contributed by atoms with van der Waals surface area (Å²) in [6, 6.07) is 0.503. The molecule has 0 heterocycles. The average molecular weight is 271 g/mol. The number of hydrogen-bond acceptors (Lipinski definition) is 4. The lowest BCUT2D eigenvalue weighted by molar-refractivity contribution is -0.149. The third kappa shape index (κ3) is 5.91. The highest BCUT2D eigenvalue weighted by Crippen LogP contribution is 2.26. The van der Waals surface area contributed by atoms with Gasteiger partial charge in [0.15, 0.2) is 0 Å². The Balaban J connectivity index is 2.25. The molecule has 0 atom stereocenters. The average Bonchev–Trinajstić information content (AvgIpc) is 2.37. The molecular weight excluding hydrogens is 242 g/mol. The monoisotopic (exact) mass is 271 g/mol. The minimum atomic E-state index is -0.0263. The molecule has 1 rings (SSSR count). The van der Waals surface area contributed by atoms with Gasteiger partial charge in [-0.05, 0) is 44.4 Å². The zero-order valence-electron chi connectivity index (χ0n) is 12.6. The maximum absolute atomic E-state index is 11.6. The van der Waals surface area contributed by atoms with Crippen LogP contribution in [-0.4, -0.2) is 36.9 Å². The van der Waals surface area contributed by atoms with Crippen molar-refractivity contribution in [2.45, 2.75) is 58.9 Å². The highest BCUT2D eigenvalue weighted by molar-refractivity contribution is 5.72. The van der Waals surface area contributed by atoms with Crippen molar-refractivity contribution in [3.05, 3.63) is 0 Å². The van der Waals surface area contributed by atoms with E-state index < -0.39 is 0 Å². The Morgan fingerprint density at radius 2 is 1.95 bits per heavy atom. The van der Waals surface area contributed by atoms with Crippen molar-refractivity contribution >= 4 is 5.97 Å². The van der Waals surface area contributed by atoms with Crippen LogP contribution in [0.1, 0.15) is 52.9 Å². The fourth-order valence-corrected chi connectivity index (χ4v) is 2.61. The zero-order valence-corrected chi connectivity index (χ0v) is 12.6. The van der Waals surface area contributed by atoms with Crippen LogP contribution < -0.4 is 5.32 Å². The Morgan fingerprint density at radius 1 is 1.32 bits per heavy atom. The van der Waals surface area contributed by atoms with Gasteiger partial charge < -0.3 is 15.2 Å². The van der Waals surface area contributed by atoms with Crippen LogP contribution in [0.15, 0.2) is 0 Å². The molecule has 0 unspecified atom stereocenters. The van der Waals surface area contributed by atoms with E-state index in [9.17, 15) is 4.79 Å². The van der Waals surface area contributed by atoms with Gasteiger partial charge in [-0.25, -0.2) is 0 Å². The normalized spacial score (nSPS) is 24.2. The summed E-state index contributed by atoms with van der Waals surface area (Å²) >= 11 is 0. The Bertz CT molecular complexity index is 271. The second-order valence-corrected chi connectivity index (χ2v) is 6.32. The first kappa shape index (κ1) is 16.4. The molecule has 1 saturated carbocycles. The van der Waals surface area contributed by atoms with E-state index in [1.807, 2.05) is 6.92 Å². The summed E-state index contributed by atoms with van der Waals surface area (Å²) in [5, 5.41) is 12.6. The fourth-order valence-electron chi connectivity index (χ4n) is 2.61. The minimum Gasteiger partial charge on any atom is -0.466 e. The molecule has 0 spiro atoms. The largest absolute Gasteiger partial charge is 0.466 e. The predicted octanol–water partition coefficient (Wildman–Crippen LogP) is 2.11. The molecule has 0 saturated heterocycles. The van der Waals surface area contributed by atoms with Gasteiger partial charge in [0, 0.05) is 19.2 Å². The standard InChI is InChI=1S/C15H29NO3/c1-4-19-14(18)12-5-7-13(8-6-12)16-11-15(2,3)9-10-17/h12-13,16-17H,4-11H2,1-3H3. The second-order valence-electron chi connectivity index (χ2n) is 6.32. The summed E-state index contributed by atoms with van der Waals surface area (Å²) < 4.78 is 5.08. The second kappa shape index (κ2) is 7.85. The van der Waals surface area contributed by atoms with Gasteiger partial charge in [0.25, 0.3) is 0 Å². The summed E-state index contributed by atoms with van der Waals surface area (Å²) in [7, 11) is 0. The lowest BCUT2D eigenvalue weighted by Gasteiger charge is -2.31. The number of rotatable bonds is 7. The van der Waals surface area contributed by atoms with Crippen LogP contribution in [0.5, 0.6) is 0 Å². The van der Waals surface area contributed by atoms with Crippen LogP contribution in [0.25, 0.3) is 0 Å². The Kier molecular flexibility index (Phi) is 6.80. The van der Waals surface area contributed by atoms with Crippen molar-refractivity contribution in [1.29, 1.82) is 0 Å². The molecule has 4 heteroatoms. The highest BCUT2D eigenvalue weighted by atomic mass is 16.5. The molecule has 0 bridgehead atoms. The smallest absolute Gasteiger partial charge is 0.308 e. The lowest BCUT2D eigenvalue weighted by atomic mass is 9.84. The molecule has 0 amide bonds. The van der Waals surface area contributed by atoms with E-state index in [1.54, 1.807) is 0 Å². The number of nitrogens with one attached hydrogen (secondary N) is 1. The lowest BCUT2D eigenvalue weighted by Crippen LogP contribution is -2.40. The summed E-state index contributed by atoms with van der Waals surface area (Å²) in [6.45, 7) is 7.83. The third-order valence-corrected chi connectivity index (χ3v) is 4.00. The first-order valence-corrected chi connectivity index (χ1v) is 7.49. The van der Waals surface area contributed by atoms with Crippen LogP contribution in [0.3, 0.4) is 0 Å². The number of ether oxygens (including phenoxy) is 1. The predicted molar refractivity (Wildman–Crippen MR) is 75.9 cm³/mol. The van der Waals surface area contributed by atoms with E-state index in [2.05, 4.69) is 19.2 Å². The summed E-state index contributed by atoms with van der Waals surface area (Å²) in [5.74, 6) is 0.0741. The fraction of sp³-hybridized carbons (Fsp3) is 0.933. The van der Waals surface area contributed by atoms with Crippen LogP contribution in [0.2, 0.25) is 0 Å². The van der Waals surface area contributed by atoms with Crippen LogP contribution in [-0.2, 0) is 9.53 Å². The molecule has 1 aliphatic carbocycles. The number of aliphatic hydroxyl groups excluding tert-OH is 1. The topological polar surface area (TPSA) is 58.6 Å². The maximum atomic E-state index is 11.6. The van der Waals surface area contributed by atoms with E-state index in [0.29, 0.717) is 12.6 Å². The van der Waals surface area contributed by atoms with Gasteiger partial charge in [-0.1, -0.05) is 13.8 Å². The molecule has 2 N–H and O–H groups in total. The minimum absolute atomic E-state index is 0.0263. The Morgan fingerprint density at radius 3 is 2.47 bits per heavy atom. The van der Waals surface area contributed by atoms with Gasteiger partial charge in [-0.2, -0.15) is 0 Å². The van der Waals surface area contributed by atoms with Gasteiger partial charge in [-0.15, -0.1) is 0 Å².